The van der Waals surface area contributed by atoms with Gasteiger partial charge in [-0.15, -0.1) is 10.2 Å². The SMILES string of the molecule is c1ccc(-n2ccnc2CN2CCC(c3nnc4n3CCNC4)CC2)cc1. The zero-order valence-electron chi connectivity index (χ0n) is 15.5. The van der Waals surface area contributed by atoms with E-state index in [0.717, 1.165) is 63.8 Å². The lowest BCUT2D eigenvalue weighted by atomic mass is 9.95. The van der Waals surface area contributed by atoms with E-state index in [2.05, 4.69) is 58.8 Å². The fourth-order valence-electron chi connectivity index (χ4n) is 4.24. The topological polar surface area (TPSA) is 63.8 Å². The van der Waals surface area contributed by atoms with Gasteiger partial charge in [0, 0.05) is 37.1 Å². The Kier molecular flexibility index (Phi) is 4.47. The lowest BCUT2D eigenvalue weighted by Crippen LogP contribution is -2.35. The predicted octanol–water partition coefficient (Wildman–Crippen LogP) is 1.95. The molecule has 0 aliphatic carbocycles. The van der Waals surface area contributed by atoms with Crippen LogP contribution in [0.15, 0.2) is 42.7 Å². The van der Waals surface area contributed by atoms with E-state index in [0.29, 0.717) is 5.92 Å². The minimum atomic E-state index is 0.523. The number of para-hydroxylation sites is 1. The van der Waals surface area contributed by atoms with Crippen LogP contribution in [0.5, 0.6) is 0 Å². The van der Waals surface area contributed by atoms with Crippen molar-refractivity contribution in [3.8, 4) is 5.69 Å². The van der Waals surface area contributed by atoms with Crippen LogP contribution in [-0.4, -0.2) is 48.8 Å². The molecule has 0 radical (unpaired) electrons. The van der Waals surface area contributed by atoms with E-state index in [1.165, 1.54) is 11.5 Å². The van der Waals surface area contributed by atoms with Crippen LogP contribution in [0.3, 0.4) is 0 Å². The van der Waals surface area contributed by atoms with Gasteiger partial charge in [0.15, 0.2) is 0 Å². The van der Waals surface area contributed by atoms with Crippen LogP contribution in [0.4, 0.5) is 0 Å². The van der Waals surface area contributed by atoms with Gasteiger partial charge in [0.1, 0.15) is 17.5 Å². The van der Waals surface area contributed by atoms with Crippen LogP contribution in [-0.2, 0) is 19.6 Å². The molecule has 2 aliphatic heterocycles. The highest BCUT2D eigenvalue weighted by Crippen LogP contribution is 2.28. The Balaban J connectivity index is 1.25. The molecule has 2 aromatic heterocycles. The maximum atomic E-state index is 4.60. The van der Waals surface area contributed by atoms with Crippen molar-refractivity contribution in [3.63, 3.8) is 0 Å². The minimum absolute atomic E-state index is 0.523. The highest BCUT2D eigenvalue weighted by Gasteiger charge is 2.27. The minimum Gasteiger partial charge on any atom is -0.312 e. The Bertz CT molecular complexity index is 890. The summed E-state index contributed by atoms with van der Waals surface area (Å²) in [6, 6.07) is 10.4. The summed E-state index contributed by atoms with van der Waals surface area (Å²) in [7, 11) is 0. The van der Waals surface area contributed by atoms with E-state index in [9.17, 15) is 0 Å². The summed E-state index contributed by atoms with van der Waals surface area (Å²) in [5, 5.41) is 12.3. The lowest BCUT2D eigenvalue weighted by Gasteiger charge is -2.31. The molecule has 27 heavy (non-hydrogen) atoms. The molecule has 0 bridgehead atoms. The molecule has 2 aliphatic rings. The Labute approximate surface area is 159 Å². The zero-order chi connectivity index (χ0) is 18.1. The van der Waals surface area contributed by atoms with E-state index < -0.39 is 0 Å². The highest BCUT2D eigenvalue weighted by molar-refractivity contribution is 5.32. The van der Waals surface area contributed by atoms with Gasteiger partial charge in [-0.1, -0.05) is 18.2 Å². The third kappa shape index (κ3) is 3.28. The fourth-order valence-corrected chi connectivity index (χ4v) is 4.24. The van der Waals surface area contributed by atoms with Crippen molar-refractivity contribution in [2.24, 2.45) is 0 Å². The zero-order valence-corrected chi connectivity index (χ0v) is 15.5. The van der Waals surface area contributed by atoms with Crippen molar-refractivity contribution < 1.29 is 0 Å². The standard InChI is InChI=1S/C20H25N7/c1-2-4-17(5-3-1)26-13-9-22-19(26)15-25-10-6-16(7-11-25)20-24-23-18-14-21-8-12-27(18)20/h1-5,9,13,16,21H,6-8,10-12,14-15H2. The number of fused-ring (bicyclic) bond motifs is 1. The molecule has 5 rings (SSSR count). The molecule has 0 spiro atoms. The van der Waals surface area contributed by atoms with Crippen LogP contribution in [0.25, 0.3) is 5.69 Å². The van der Waals surface area contributed by atoms with E-state index in [1.54, 1.807) is 0 Å². The normalized spacial score (nSPS) is 18.5. The second kappa shape index (κ2) is 7.25. The third-order valence-electron chi connectivity index (χ3n) is 5.72. The fraction of sp³-hybridized carbons (Fsp3) is 0.450. The summed E-state index contributed by atoms with van der Waals surface area (Å²) in [5.41, 5.74) is 1.17. The largest absolute Gasteiger partial charge is 0.312 e. The smallest absolute Gasteiger partial charge is 0.147 e. The molecule has 0 unspecified atom stereocenters. The number of nitrogens with zero attached hydrogens (tertiary/aromatic N) is 6. The Morgan fingerprint density at radius 2 is 1.89 bits per heavy atom. The molecule has 0 amide bonds. The number of aromatic nitrogens is 5. The van der Waals surface area contributed by atoms with E-state index in [-0.39, 0.29) is 0 Å². The number of hydrogen-bond acceptors (Lipinski definition) is 5. The average molecular weight is 363 g/mol. The van der Waals surface area contributed by atoms with Gasteiger partial charge >= 0.3 is 0 Å². The number of hydrogen-bond donors (Lipinski definition) is 1. The van der Waals surface area contributed by atoms with Crippen LogP contribution < -0.4 is 5.32 Å². The molecular formula is C20H25N7. The summed E-state index contributed by atoms with van der Waals surface area (Å²) >= 11 is 0. The van der Waals surface area contributed by atoms with Crippen molar-refractivity contribution in [2.45, 2.75) is 38.4 Å². The molecule has 1 aromatic carbocycles. The molecule has 0 atom stereocenters. The maximum Gasteiger partial charge on any atom is 0.147 e. The Morgan fingerprint density at radius 1 is 1.04 bits per heavy atom. The molecule has 1 fully saturated rings. The monoisotopic (exact) mass is 363 g/mol. The summed E-state index contributed by atoms with van der Waals surface area (Å²) in [5.74, 6) is 3.90. The number of benzene rings is 1. The van der Waals surface area contributed by atoms with Crippen molar-refractivity contribution in [1.29, 1.82) is 0 Å². The molecule has 1 saturated heterocycles. The maximum absolute atomic E-state index is 4.60. The van der Waals surface area contributed by atoms with Crippen molar-refractivity contribution in [2.75, 3.05) is 19.6 Å². The van der Waals surface area contributed by atoms with Gasteiger partial charge in [-0.3, -0.25) is 4.90 Å². The van der Waals surface area contributed by atoms with Gasteiger partial charge in [-0.05, 0) is 38.1 Å². The van der Waals surface area contributed by atoms with E-state index in [4.69, 9.17) is 0 Å². The Hall–Kier alpha value is -2.51. The van der Waals surface area contributed by atoms with Gasteiger partial charge < -0.3 is 14.5 Å². The van der Waals surface area contributed by atoms with Gasteiger partial charge in [0.05, 0.1) is 13.1 Å². The number of likely N-dealkylation sites (tertiary alicyclic amines) is 1. The van der Waals surface area contributed by atoms with Gasteiger partial charge in [0.25, 0.3) is 0 Å². The first-order valence-electron chi connectivity index (χ1n) is 9.81. The van der Waals surface area contributed by atoms with Gasteiger partial charge in [-0.25, -0.2) is 4.98 Å². The first kappa shape index (κ1) is 16.6. The second-order valence-corrected chi connectivity index (χ2v) is 7.40. The number of rotatable bonds is 4. The number of piperidine rings is 1. The van der Waals surface area contributed by atoms with Crippen LogP contribution in [0, 0.1) is 0 Å². The third-order valence-corrected chi connectivity index (χ3v) is 5.72. The molecule has 3 aromatic rings. The first-order valence-corrected chi connectivity index (χ1v) is 9.81. The van der Waals surface area contributed by atoms with Crippen LogP contribution in [0.1, 0.15) is 36.2 Å². The molecule has 0 saturated carbocycles. The first-order chi connectivity index (χ1) is 13.4. The summed E-state index contributed by atoms with van der Waals surface area (Å²) < 4.78 is 4.52. The number of imidazole rings is 1. The second-order valence-electron chi connectivity index (χ2n) is 7.40. The lowest BCUT2D eigenvalue weighted by molar-refractivity contribution is 0.194. The quantitative estimate of drug-likeness (QED) is 0.768. The van der Waals surface area contributed by atoms with Crippen LogP contribution >= 0.6 is 0 Å². The van der Waals surface area contributed by atoms with Gasteiger partial charge in [-0.2, -0.15) is 0 Å². The summed E-state index contributed by atoms with van der Waals surface area (Å²) in [6.07, 6.45) is 6.22. The van der Waals surface area contributed by atoms with E-state index in [1.807, 2.05) is 18.5 Å². The molecular weight excluding hydrogens is 338 g/mol. The highest BCUT2D eigenvalue weighted by atomic mass is 15.3. The van der Waals surface area contributed by atoms with Crippen LogP contribution in [0.2, 0.25) is 0 Å². The molecule has 140 valence electrons. The van der Waals surface area contributed by atoms with Crippen molar-refractivity contribution in [1.82, 2.24) is 34.5 Å². The Morgan fingerprint density at radius 3 is 2.74 bits per heavy atom. The predicted molar refractivity (Wildman–Crippen MR) is 103 cm³/mol. The van der Waals surface area contributed by atoms with Crippen molar-refractivity contribution in [3.05, 3.63) is 60.2 Å². The molecule has 7 nitrogen and oxygen atoms in total. The molecule has 4 heterocycles. The van der Waals surface area contributed by atoms with E-state index >= 15 is 0 Å². The summed E-state index contributed by atoms with van der Waals surface area (Å²) in [6.45, 7) is 5.88. The molecule has 1 N–H and O–H groups in total. The average Bonchev–Trinajstić information content (AvgIpc) is 3.36. The summed E-state index contributed by atoms with van der Waals surface area (Å²) in [4.78, 5) is 7.11. The molecule has 7 heteroatoms. The van der Waals surface area contributed by atoms with Crippen molar-refractivity contribution >= 4 is 0 Å². The van der Waals surface area contributed by atoms with Gasteiger partial charge in [0.2, 0.25) is 0 Å². The number of nitrogens with one attached hydrogen (secondary N) is 1.